The molecule has 0 atom stereocenters. The first kappa shape index (κ1) is 9.22. The fourth-order valence-corrected chi connectivity index (χ4v) is 0.932. The third-order valence-corrected chi connectivity index (χ3v) is 1.32. The van der Waals surface area contributed by atoms with E-state index in [-0.39, 0.29) is 10.6 Å². The summed E-state index contributed by atoms with van der Waals surface area (Å²) in [4.78, 5) is 11.1. The molecule has 1 heterocycles. The van der Waals surface area contributed by atoms with Crippen LogP contribution in [-0.2, 0) is 0 Å². The van der Waals surface area contributed by atoms with Gasteiger partial charge in [-0.05, 0) is 23.2 Å². The van der Waals surface area contributed by atoms with Gasteiger partial charge in [0.15, 0.2) is 0 Å². The van der Waals surface area contributed by atoms with E-state index >= 15 is 0 Å². The molecule has 0 amide bonds. The third kappa shape index (κ3) is 2.64. The quantitative estimate of drug-likeness (QED) is 0.764. The molecule has 6 heteroatoms. The number of aromatic nitrogens is 3. The van der Waals surface area contributed by atoms with Crippen LogP contribution in [0.4, 0.5) is 5.95 Å². The molecule has 0 bridgehead atoms. The van der Waals surface area contributed by atoms with Crippen molar-refractivity contribution < 1.29 is 0 Å². The van der Waals surface area contributed by atoms with Crippen molar-refractivity contribution in [3.05, 3.63) is 23.2 Å². The van der Waals surface area contributed by atoms with Crippen LogP contribution in [-0.4, -0.2) is 21.5 Å². The predicted octanol–water partition coefficient (Wildman–Crippen LogP) is 1.78. The lowest BCUT2D eigenvalue weighted by atomic mass is 10.6. The van der Waals surface area contributed by atoms with Gasteiger partial charge in [0, 0.05) is 6.54 Å². The third-order valence-electron chi connectivity index (χ3n) is 0.985. The van der Waals surface area contributed by atoms with Crippen LogP contribution in [0.15, 0.2) is 12.7 Å². The molecule has 0 fully saturated rings. The van der Waals surface area contributed by atoms with Gasteiger partial charge in [0.1, 0.15) is 0 Å². The Kier molecular flexibility index (Phi) is 3.25. The highest BCUT2D eigenvalue weighted by molar-refractivity contribution is 6.31. The largest absolute Gasteiger partial charge is 0.351 e. The van der Waals surface area contributed by atoms with Crippen molar-refractivity contribution in [3.8, 4) is 0 Å². The zero-order valence-electron chi connectivity index (χ0n) is 6.09. The molecule has 0 aliphatic rings. The Morgan fingerprint density at radius 2 is 1.83 bits per heavy atom. The Morgan fingerprint density at radius 1 is 1.25 bits per heavy atom. The molecule has 1 aromatic rings. The summed E-state index contributed by atoms with van der Waals surface area (Å²) in [6.45, 7) is 4.07. The van der Waals surface area contributed by atoms with E-state index in [4.69, 9.17) is 23.2 Å². The lowest BCUT2D eigenvalue weighted by molar-refractivity contribution is 1.03. The Hall–Kier alpha value is -0.870. The maximum atomic E-state index is 5.52. The Morgan fingerprint density at radius 3 is 2.33 bits per heavy atom. The van der Waals surface area contributed by atoms with Crippen LogP contribution in [0.2, 0.25) is 10.6 Å². The molecule has 1 N–H and O–H groups in total. The maximum absolute atomic E-state index is 5.52. The molecule has 0 aromatic carbocycles. The second-order valence-electron chi connectivity index (χ2n) is 1.87. The Balaban J connectivity index is 2.78. The van der Waals surface area contributed by atoms with Gasteiger partial charge in [0.2, 0.25) is 16.5 Å². The first-order chi connectivity index (χ1) is 5.72. The second-order valence-corrected chi connectivity index (χ2v) is 2.54. The van der Waals surface area contributed by atoms with E-state index in [9.17, 15) is 0 Å². The fourth-order valence-electron chi connectivity index (χ4n) is 0.568. The molecular weight excluding hydrogens is 199 g/mol. The minimum atomic E-state index is 0.0709. The number of halogens is 2. The van der Waals surface area contributed by atoms with Crippen molar-refractivity contribution >= 4 is 29.2 Å². The number of hydrogen-bond donors (Lipinski definition) is 1. The van der Waals surface area contributed by atoms with E-state index in [0.29, 0.717) is 12.5 Å². The molecule has 0 aliphatic heterocycles. The summed E-state index contributed by atoms with van der Waals surface area (Å²) in [5.41, 5.74) is 0. The lowest BCUT2D eigenvalue weighted by Crippen LogP contribution is -2.03. The monoisotopic (exact) mass is 204 g/mol. The number of rotatable bonds is 3. The van der Waals surface area contributed by atoms with Crippen LogP contribution in [0.5, 0.6) is 0 Å². The molecular formula is C6H6Cl2N4. The van der Waals surface area contributed by atoms with Crippen molar-refractivity contribution in [1.82, 2.24) is 15.0 Å². The molecule has 0 spiro atoms. The van der Waals surface area contributed by atoms with E-state index in [0.717, 1.165) is 0 Å². The summed E-state index contributed by atoms with van der Waals surface area (Å²) in [7, 11) is 0. The van der Waals surface area contributed by atoms with Gasteiger partial charge in [0.25, 0.3) is 0 Å². The van der Waals surface area contributed by atoms with Gasteiger partial charge in [-0.1, -0.05) is 6.08 Å². The smallest absolute Gasteiger partial charge is 0.228 e. The SMILES string of the molecule is C=CCNc1nc(Cl)nc(Cl)n1. The van der Waals surface area contributed by atoms with Crippen molar-refractivity contribution in [3.63, 3.8) is 0 Å². The summed E-state index contributed by atoms with van der Waals surface area (Å²) in [5.74, 6) is 0.347. The molecule has 4 nitrogen and oxygen atoms in total. The minimum absolute atomic E-state index is 0.0709. The summed E-state index contributed by atoms with van der Waals surface area (Å²) in [6.07, 6.45) is 1.67. The average molecular weight is 205 g/mol. The standard InChI is InChI=1S/C6H6Cl2N4/c1-2-3-9-6-11-4(7)10-5(8)12-6/h2H,1,3H2,(H,9,10,11,12). The van der Waals surface area contributed by atoms with Gasteiger partial charge >= 0.3 is 0 Å². The molecule has 0 saturated carbocycles. The maximum Gasteiger partial charge on any atom is 0.228 e. The molecule has 1 rings (SSSR count). The first-order valence-corrected chi connectivity index (χ1v) is 3.90. The zero-order chi connectivity index (χ0) is 8.97. The van der Waals surface area contributed by atoms with Gasteiger partial charge in [-0.2, -0.15) is 15.0 Å². The summed E-state index contributed by atoms with van der Waals surface area (Å²) in [6, 6.07) is 0. The molecule has 1 aromatic heterocycles. The van der Waals surface area contributed by atoms with Crippen LogP contribution < -0.4 is 5.32 Å². The predicted molar refractivity (Wildman–Crippen MR) is 48.5 cm³/mol. The lowest BCUT2D eigenvalue weighted by Gasteiger charge is -2.00. The van der Waals surface area contributed by atoms with Gasteiger partial charge in [-0.25, -0.2) is 0 Å². The number of nitrogens with one attached hydrogen (secondary N) is 1. The van der Waals surface area contributed by atoms with Crippen molar-refractivity contribution in [2.75, 3.05) is 11.9 Å². The second kappa shape index (κ2) is 4.23. The summed E-state index contributed by atoms with van der Waals surface area (Å²) < 4.78 is 0. The van der Waals surface area contributed by atoms with Crippen LogP contribution in [0, 0.1) is 0 Å². The van der Waals surface area contributed by atoms with Gasteiger partial charge in [0.05, 0.1) is 0 Å². The van der Waals surface area contributed by atoms with Crippen molar-refractivity contribution in [1.29, 1.82) is 0 Å². The molecule has 0 saturated heterocycles. The number of anilines is 1. The molecule has 12 heavy (non-hydrogen) atoms. The van der Waals surface area contributed by atoms with Gasteiger partial charge < -0.3 is 5.32 Å². The van der Waals surface area contributed by atoms with Crippen LogP contribution in [0.1, 0.15) is 0 Å². The first-order valence-electron chi connectivity index (χ1n) is 3.14. The van der Waals surface area contributed by atoms with Crippen LogP contribution >= 0.6 is 23.2 Å². The zero-order valence-corrected chi connectivity index (χ0v) is 7.60. The van der Waals surface area contributed by atoms with E-state index in [1.165, 1.54) is 0 Å². The summed E-state index contributed by atoms with van der Waals surface area (Å²) >= 11 is 11.0. The van der Waals surface area contributed by atoms with Crippen LogP contribution in [0.25, 0.3) is 0 Å². The average Bonchev–Trinajstić information content (AvgIpc) is 1.99. The Labute approximate surface area is 79.7 Å². The summed E-state index contributed by atoms with van der Waals surface area (Å²) in [5, 5.41) is 2.97. The Bertz CT molecular complexity index is 269. The molecule has 0 unspecified atom stereocenters. The minimum Gasteiger partial charge on any atom is -0.351 e. The fraction of sp³-hybridized carbons (Fsp3) is 0.167. The normalized spacial score (nSPS) is 9.50. The highest BCUT2D eigenvalue weighted by atomic mass is 35.5. The van der Waals surface area contributed by atoms with E-state index < -0.39 is 0 Å². The van der Waals surface area contributed by atoms with E-state index in [1.54, 1.807) is 6.08 Å². The molecule has 0 aliphatic carbocycles. The van der Waals surface area contributed by atoms with Gasteiger partial charge in [-0.15, -0.1) is 6.58 Å². The highest BCUT2D eigenvalue weighted by Gasteiger charge is 2.00. The highest BCUT2D eigenvalue weighted by Crippen LogP contribution is 2.08. The molecule has 64 valence electrons. The van der Waals surface area contributed by atoms with E-state index in [2.05, 4.69) is 26.8 Å². The van der Waals surface area contributed by atoms with Crippen molar-refractivity contribution in [2.45, 2.75) is 0 Å². The molecule has 0 radical (unpaired) electrons. The van der Waals surface area contributed by atoms with Gasteiger partial charge in [-0.3, -0.25) is 0 Å². The number of nitrogens with zero attached hydrogens (tertiary/aromatic N) is 3. The number of hydrogen-bond acceptors (Lipinski definition) is 4. The van der Waals surface area contributed by atoms with Crippen molar-refractivity contribution in [2.24, 2.45) is 0 Å². The van der Waals surface area contributed by atoms with E-state index in [1.807, 2.05) is 0 Å². The topological polar surface area (TPSA) is 50.7 Å². The van der Waals surface area contributed by atoms with Crippen LogP contribution in [0.3, 0.4) is 0 Å².